The maximum Gasteiger partial charge on any atom is 0.253 e. The third-order valence-corrected chi connectivity index (χ3v) is 8.53. The van der Waals surface area contributed by atoms with Gasteiger partial charge in [0.05, 0.1) is 11.0 Å². The van der Waals surface area contributed by atoms with E-state index < -0.39 is 0 Å². The highest BCUT2D eigenvalue weighted by molar-refractivity contribution is 6.02. The van der Waals surface area contributed by atoms with Crippen LogP contribution in [0.3, 0.4) is 0 Å². The Labute approximate surface area is 197 Å². The molecule has 180 valence electrons. The quantitative estimate of drug-likeness (QED) is 0.565. The number of carbonyl (C=O) groups is 2. The van der Waals surface area contributed by atoms with Gasteiger partial charge in [-0.05, 0) is 100 Å². The molecule has 4 saturated carbocycles. The summed E-state index contributed by atoms with van der Waals surface area (Å²) in [6, 6.07) is 5.92. The number of hydrogen-bond acceptors (Lipinski definition) is 4. The lowest BCUT2D eigenvalue weighted by molar-refractivity contribution is -0.140. The van der Waals surface area contributed by atoms with E-state index in [0.717, 1.165) is 80.7 Å². The molecule has 0 radical (unpaired) electrons. The predicted molar refractivity (Wildman–Crippen MR) is 131 cm³/mol. The highest BCUT2D eigenvalue weighted by atomic mass is 16.5. The Balaban J connectivity index is 1.34. The molecule has 1 aromatic rings. The van der Waals surface area contributed by atoms with Crippen LogP contribution in [0.1, 0.15) is 74.6 Å². The molecule has 0 spiro atoms. The van der Waals surface area contributed by atoms with Crippen molar-refractivity contribution in [1.29, 1.82) is 0 Å². The van der Waals surface area contributed by atoms with E-state index in [1.165, 1.54) is 25.7 Å². The standard InChI is InChI=1S/C27H39N3O3/c1-33-11-5-8-28-25(31)23-15-22(6-7-24(23)30-9-3-2-4-10-30)29-26(32)27-16-19-12-20(17-27)14-21(13-19)18-27/h6-7,15,19-21H,2-5,8-14,16-18H2,1H3,(H,28,31)(H,29,32). The molecule has 5 fully saturated rings. The minimum Gasteiger partial charge on any atom is -0.385 e. The Morgan fingerprint density at radius 3 is 2.33 bits per heavy atom. The summed E-state index contributed by atoms with van der Waals surface area (Å²) in [5, 5.41) is 6.29. The summed E-state index contributed by atoms with van der Waals surface area (Å²) in [4.78, 5) is 29.0. The van der Waals surface area contributed by atoms with Crippen LogP contribution in [-0.2, 0) is 9.53 Å². The Hall–Kier alpha value is -2.08. The largest absolute Gasteiger partial charge is 0.385 e. The fourth-order valence-corrected chi connectivity index (χ4v) is 7.37. The Kier molecular flexibility index (Phi) is 6.64. The van der Waals surface area contributed by atoms with Gasteiger partial charge in [-0.3, -0.25) is 9.59 Å². The first-order valence-electron chi connectivity index (χ1n) is 13.0. The lowest BCUT2D eigenvalue weighted by Gasteiger charge is -2.55. The van der Waals surface area contributed by atoms with Gasteiger partial charge < -0.3 is 20.3 Å². The number of rotatable bonds is 8. The molecule has 1 heterocycles. The first-order valence-corrected chi connectivity index (χ1v) is 13.0. The highest BCUT2D eigenvalue weighted by Gasteiger charge is 2.54. The van der Waals surface area contributed by atoms with Gasteiger partial charge in [0.2, 0.25) is 5.91 Å². The molecular weight excluding hydrogens is 414 g/mol. The number of carbonyl (C=O) groups excluding carboxylic acids is 2. The molecule has 6 rings (SSSR count). The van der Waals surface area contributed by atoms with Crippen molar-refractivity contribution in [2.45, 2.75) is 64.2 Å². The molecule has 4 bridgehead atoms. The summed E-state index contributed by atoms with van der Waals surface area (Å²) in [5.74, 6) is 2.31. The second-order valence-corrected chi connectivity index (χ2v) is 11.0. The van der Waals surface area contributed by atoms with E-state index in [2.05, 4.69) is 15.5 Å². The summed E-state index contributed by atoms with van der Waals surface area (Å²) in [7, 11) is 1.67. The van der Waals surface area contributed by atoms with Gasteiger partial charge in [-0.2, -0.15) is 0 Å². The second-order valence-electron chi connectivity index (χ2n) is 11.0. The topological polar surface area (TPSA) is 70.7 Å². The smallest absolute Gasteiger partial charge is 0.253 e. The molecular formula is C27H39N3O3. The summed E-state index contributed by atoms with van der Waals surface area (Å²) in [5.41, 5.74) is 2.20. The zero-order chi connectivity index (χ0) is 22.8. The zero-order valence-electron chi connectivity index (χ0n) is 20.0. The van der Waals surface area contributed by atoms with Crippen molar-refractivity contribution in [3.8, 4) is 0 Å². The lowest BCUT2D eigenvalue weighted by atomic mass is 9.49. The summed E-state index contributed by atoms with van der Waals surface area (Å²) < 4.78 is 5.10. The van der Waals surface area contributed by atoms with Gasteiger partial charge in [-0.1, -0.05) is 0 Å². The molecule has 4 aliphatic carbocycles. The number of piperidine rings is 1. The van der Waals surface area contributed by atoms with E-state index in [1.54, 1.807) is 7.11 Å². The summed E-state index contributed by atoms with van der Waals surface area (Å²) >= 11 is 0. The number of hydrogen-bond donors (Lipinski definition) is 2. The number of nitrogens with one attached hydrogen (secondary N) is 2. The third-order valence-electron chi connectivity index (χ3n) is 8.53. The maximum absolute atomic E-state index is 13.5. The molecule has 1 saturated heterocycles. The van der Waals surface area contributed by atoms with E-state index in [0.29, 0.717) is 18.7 Å². The molecule has 1 aromatic carbocycles. The average molecular weight is 454 g/mol. The first kappa shape index (κ1) is 22.7. The van der Waals surface area contributed by atoms with E-state index in [4.69, 9.17) is 4.74 Å². The Bertz CT molecular complexity index is 842. The van der Waals surface area contributed by atoms with Crippen molar-refractivity contribution in [1.82, 2.24) is 5.32 Å². The van der Waals surface area contributed by atoms with Gasteiger partial charge >= 0.3 is 0 Å². The molecule has 6 heteroatoms. The third kappa shape index (κ3) is 4.77. The zero-order valence-corrected chi connectivity index (χ0v) is 20.0. The van der Waals surface area contributed by atoms with E-state index in [-0.39, 0.29) is 17.2 Å². The number of methoxy groups -OCH3 is 1. The number of benzene rings is 1. The van der Waals surface area contributed by atoms with Crippen LogP contribution in [-0.4, -0.2) is 45.2 Å². The normalized spacial score (nSPS) is 30.3. The fourth-order valence-electron chi connectivity index (χ4n) is 7.37. The molecule has 33 heavy (non-hydrogen) atoms. The van der Waals surface area contributed by atoms with Crippen molar-refractivity contribution in [3.63, 3.8) is 0 Å². The molecule has 0 unspecified atom stereocenters. The average Bonchev–Trinajstić information content (AvgIpc) is 2.81. The first-order chi connectivity index (χ1) is 16.1. The van der Waals surface area contributed by atoms with Crippen molar-refractivity contribution in [3.05, 3.63) is 23.8 Å². The van der Waals surface area contributed by atoms with Crippen LogP contribution in [0.4, 0.5) is 11.4 Å². The van der Waals surface area contributed by atoms with Crippen LogP contribution in [0.15, 0.2) is 18.2 Å². The van der Waals surface area contributed by atoms with Crippen molar-refractivity contribution >= 4 is 23.2 Å². The molecule has 2 N–H and O–H groups in total. The minimum absolute atomic E-state index is 0.0717. The summed E-state index contributed by atoms with van der Waals surface area (Å²) in [6.07, 6.45) is 11.4. The van der Waals surface area contributed by atoms with Crippen LogP contribution < -0.4 is 15.5 Å². The SMILES string of the molecule is COCCCNC(=O)c1cc(NC(=O)C23CC4CC(CC(C4)C2)C3)ccc1N1CCCCC1. The number of ether oxygens (including phenoxy) is 1. The van der Waals surface area contributed by atoms with Crippen LogP contribution in [0.2, 0.25) is 0 Å². The molecule has 6 nitrogen and oxygen atoms in total. The van der Waals surface area contributed by atoms with E-state index in [1.807, 2.05) is 18.2 Å². The minimum atomic E-state index is -0.192. The van der Waals surface area contributed by atoms with Gasteiger partial charge in [0.1, 0.15) is 0 Å². The second kappa shape index (κ2) is 9.65. The maximum atomic E-state index is 13.5. The molecule has 5 aliphatic rings. The van der Waals surface area contributed by atoms with Gasteiger partial charge in [-0.15, -0.1) is 0 Å². The van der Waals surface area contributed by atoms with Gasteiger partial charge in [0.25, 0.3) is 5.91 Å². The number of amides is 2. The van der Waals surface area contributed by atoms with Crippen molar-refractivity contribution in [2.75, 3.05) is 43.6 Å². The van der Waals surface area contributed by atoms with Crippen molar-refractivity contribution in [2.24, 2.45) is 23.2 Å². The highest BCUT2D eigenvalue weighted by Crippen LogP contribution is 2.60. The lowest BCUT2D eigenvalue weighted by Crippen LogP contribution is -2.51. The van der Waals surface area contributed by atoms with Crippen LogP contribution in [0, 0.1) is 23.2 Å². The van der Waals surface area contributed by atoms with Crippen LogP contribution in [0.5, 0.6) is 0 Å². The van der Waals surface area contributed by atoms with Gasteiger partial charge in [-0.25, -0.2) is 0 Å². The van der Waals surface area contributed by atoms with Gasteiger partial charge in [0, 0.05) is 44.7 Å². The molecule has 1 aliphatic heterocycles. The van der Waals surface area contributed by atoms with E-state index in [9.17, 15) is 9.59 Å². The molecule has 2 amide bonds. The molecule has 0 aromatic heterocycles. The van der Waals surface area contributed by atoms with Crippen molar-refractivity contribution < 1.29 is 14.3 Å². The van der Waals surface area contributed by atoms with Crippen LogP contribution >= 0.6 is 0 Å². The predicted octanol–water partition coefficient (Wildman–Crippen LogP) is 4.60. The summed E-state index contributed by atoms with van der Waals surface area (Å²) in [6.45, 7) is 3.16. The van der Waals surface area contributed by atoms with E-state index >= 15 is 0 Å². The van der Waals surface area contributed by atoms with Crippen LogP contribution in [0.25, 0.3) is 0 Å². The van der Waals surface area contributed by atoms with Gasteiger partial charge in [0.15, 0.2) is 0 Å². The fraction of sp³-hybridized carbons (Fsp3) is 0.704. The Morgan fingerprint density at radius 1 is 1.03 bits per heavy atom. The monoisotopic (exact) mass is 453 g/mol. The number of anilines is 2. The Morgan fingerprint density at radius 2 is 1.70 bits per heavy atom. The molecule has 0 atom stereocenters. The number of nitrogens with zero attached hydrogens (tertiary/aromatic N) is 1.